The lowest BCUT2D eigenvalue weighted by Gasteiger charge is -2.34. The molecule has 0 amide bonds. The minimum atomic E-state index is -0.0595. The summed E-state index contributed by atoms with van der Waals surface area (Å²) in [5.74, 6) is 0.987. The van der Waals surface area contributed by atoms with E-state index < -0.39 is 0 Å². The van der Waals surface area contributed by atoms with Crippen molar-refractivity contribution < 1.29 is 4.52 Å². The van der Waals surface area contributed by atoms with Gasteiger partial charge in [-0.15, -0.1) is 0 Å². The molecule has 0 aliphatic carbocycles. The third-order valence-corrected chi connectivity index (χ3v) is 4.49. The number of hydrogen-bond acceptors (Lipinski definition) is 4. The van der Waals surface area contributed by atoms with Crippen LogP contribution in [0.2, 0.25) is 0 Å². The highest BCUT2D eigenvalue weighted by Gasteiger charge is 2.43. The number of benzene rings is 1. The molecule has 1 N–H and O–H groups in total. The summed E-state index contributed by atoms with van der Waals surface area (Å²) >= 11 is 0. The van der Waals surface area contributed by atoms with Crippen molar-refractivity contribution in [3.8, 4) is 0 Å². The molecule has 2 heterocycles. The van der Waals surface area contributed by atoms with Gasteiger partial charge < -0.3 is 9.84 Å². The lowest BCUT2D eigenvalue weighted by molar-refractivity contribution is 0.127. The van der Waals surface area contributed by atoms with Gasteiger partial charge in [0.1, 0.15) is 0 Å². The van der Waals surface area contributed by atoms with Crippen molar-refractivity contribution in [3.05, 3.63) is 53.4 Å². The molecule has 1 aliphatic rings. The van der Waals surface area contributed by atoms with Crippen LogP contribution in [0, 0.1) is 6.92 Å². The Hall–Kier alpha value is -1.65. The van der Waals surface area contributed by atoms with E-state index in [4.69, 9.17) is 4.52 Å². The molecule has 3 rings (SSSR count). The number of likely N-dealkylation sites (N-methyl/N-ethyl adjacent to an activating group) is 1. The maximum Gasteiger partial charge on any atom is 0.158 e. The van der Waals surface area contributed by atoms with Crippen molar-refractivity contribution >= 4 is 0 Å². The van der Waals surface area contributed by atoms with Crippen LogP contribution in [0.4, 0.5) is 0 Å². The number of hydrogen-bond donors (Lipinski definition) is 1. The summed E-state index contributed by atoms with van der Waals surface area (Å²) in [5, 5.41) is 7.67. The fourth-order valence-electron chi connectivity index (χ4n) is 3.23. The quantitative estimate of drug-likeness (QED) is 0.917. The van der Waals surface area contributed by atoms with Crippen LogP contribution in [-0.4, -0.2) is 30.2 Å². The van der Waals surface area contributed by atoms with Gasteiger partial charge in [0, 0.05) is 19.2 Å². The molecule has 2 aromatic rings. The van der Waals surface area contributed by atoms with E-state index in [-0.39, 0.29) is 5.54 Å². The zero-order valence-corrected chi connectivity index (χ0v) is 12.8. The first-order valence-electron chi connectivity index (χ1n) is 7.60. The Morgan fingerprint density at radius 2 is 2.14 bits per heavy atom. The van der Waals surface area contributed by atoms with E-state index in [0.29, 0.717) is 0 Å². The highest BCUT2D eigenvalue weighted by molar-refractivity contribution is 5.19. The molecule has 4 nitrogen and oxygen atoms in total. The van der Waals surface area contributed by atoms with Gasteiger partial charge in [0.25, 0.3) is 0 Å². The van der Waals surface area contributed by atoms with Gasteiger partial charge in [0.2, 0.25) is 0 Å². The lowest BCUT2D eigenvalue weighted by atomic mass is 9.92. The topological polar surface area (TPSA) is 41.3 Å². The number of aromatic nitrogens is 1. The van der Waals surface area contributed by atoms with Crippen LogP contribution >= 0.6 is 0 Å². The van der Waals surface area contributed by atoms with E-state index >= 15 is 0 Å². The van der Waals surface area contributed by atoms with Crippen molar-refractivity contribution in [2.45, 2.75) is 31.8 Å². The summed E-state index contributed by atoms with van der Waals surface area (Å²) in [6.07, 6.45) is 2.31. The smallest absolute Gasteiger partial charge is 0.158 e. The van der Waals surface area contributed by atoms with Crippen molar-refractivity contribution in [2.24, 2.45) is 0 Å². The van der Waals surface area contributed by atoms with Crippen LogP contribution < -0.4 is 5.32 Å². The minimum Gasteiger partial charge on any atom is -0.359 e. The Morgan fingerprint density at radius 3 is 2.76 bits per heavy atom. The third kappa shape index (κ3) is 2.87. The highest BCUT2D eigenvalue weighted by Crippen LogP contribution is 2.37. The number of aryl methyl sites for hydroxylation is 1. The normalized spacial score (nSPS) is 22.8. The third-order valence-electron chi connectivity index (χ3n) is 4.49. The van der Waals surface area contributed by atoms with Gasteiger partial charge in [-0.2, -0.15) is 0 Å². The monoisotopic (exact) mass is 285 g/mol. The molecule has 0 unspecified atom stereocenters. The van der Waals surface area contributed by atoms with Gasteiger partial charge in [0.05, 0.1) is 11.2 Å². The summed E-state index contributed by atoms with van der Waals surface area (Å²) in [6.45, 7) is 4.84. The average Bonchev–Trinajstić information content (AvgIpc) is 3.08. The Kier molecular flexibility index (Phi) is 4.08. The molecule has 1 aliphatic heterocycles. The molecule has 0 bridgehead atoms. The largest absolute Gasteiger partial charge is 0.359 e. The first kappa shape index (κ1) is 14.3. The van der Waals surface area contributed by atoms with Crippen LogP contribution in [0.3, 0.4) is 0 Å². The second kappa shape index (κ2) is 6.00. The van der Waals surface area contributed by atoms with Gasteiger partial charge in [-0.25, -0.2) is 0 Å². The maximum atomic E-state index is 5.59. The minimum absolute atomic E-state index is 0.0595. The molecule has 112 valence electrons. The molecule has 0 radical (unpaired) electrons. The Labute approximate surface area is 126 Å². The molecule has 1 aromatic carbocycles. The number of likely N-dealkylation sites (tertiary alicyclic amines) is 1. The molecule has 4 heteroatoms. The predicted octanol–water partition coefficient (Wildman–Crippen LogP) is 2.69. The average molecular weight is 285 g/mol. The summed E-state index contributed by atoms with van der Waals surface area (Å²) in [4.78, 5) is 2.39. The summed E-state index contributed by atoms with van der Waals surface area (Å²) < 4.78 is 5.59. The van der Waals surface area contributed by atoms with Crippen molar-refractivity contribution in [3.63, 3.8) is 0 Å². The van der Waals surface area contributed by atoms with Gasteiger partial charge in [-0.05, 0) is 38.9 Å². The van der Waals surface area contributed by atoms with E-state index in [1.165, 1.54) is 12.0 Å². The number of rotatable bonds is 5. The van der Waals surface area contributed by atoms with Crippen LogP contribution in [0.1, 0.15) is 29.9 Å². The zero-order chi connectivity index (χ0) is 14.7. The fraction of sp³-hybridized carbons (Fsp3) is 0.471. The van der Waals surface area contributed by atoms with Crippen LogP contribution in [-0.2, 0) is 12.1 Å². The molecule has 1 saturated heterocycles. The van der Waals surface area contributed by atoms with Crippen LogP contribution in [0.25, 0.3) is 0 Å². The standard InChI is InChI=1S/C17H23N3O/c1-14-11-16(21-19-14)17(9-6-10-20(17)2)13-18-12-15-7-4-3-5-8-15/h3-5,7-8,11,18H,6,9-10,12-13H2,1-2H3/t17-/m1/s1. The molecule has 0 spiro atoms. The van der Waals surface area contributed by atoms with Gasteiger partial charge in [0.15, 0.2) is 5.76 Å². The predicted molar refractivity (Wildman–Crippen MR) is 82.9 cm³/mol. The van der Waals surface area contributed by atoms with E-state index in [1.807, 2.05) is 13.0 Å². The van der Waals surface area contributed by atoms with E-state index in [0.717, 1.165) is 37.5 Å². The second-order valence-corrected chi connectivity index (χ2v) is 5.98. The van der Waals surface area contributed by atoms with E-state index in [1.54, 1.807) is 0 Å². The Morgan fingerprint density at radius 1 is 1.33 bits per heavy atom. The second-order valence-electron chi connectivity index (χ2n) is 5.98. The number of nitrogens with zero attached hydrogens (tertiary/aromatic N) is 2. The molecule has 1 fully saturated rings. The van der Waals surface area contributed by atoms with Crippen molar-refractivity contribution in [1.82, 2.24) is 15.4 Å². The highest BCUT2D eigenvalue weighted by atomic mass is 16.5. The van der Waals surface area contributed by atoms with Gasteiger partial charge in [-0.1, -0.05) is 35.5 Å². The molecule has 1 atom stereocenters. The van der Waals surface area contributed by atoms with E-state index in [9.17, 15) is 0 Å². The maximum absolute atomic E-state index is 5.59. The molecule has 1 aromatic heterocycles. The first-order chi connectivity index (χ1) is 10.2. The van der Waals surface area contributed by atoms with Gasteiger partial charge >= 0.3 is 0 Å². The lowest BCUT2D eigenvalue weighted by Crippen LogP contribution is -2.46. The first-order valence-corrected chi connectivity index (χ1v) is 7.60. The molecular formula is C17H23N3O. The number of nitrogens with one attached hydrogen (secondary N) is 1. The molecular weight excluding hydrogens is 262 g/mol. The zero-order valence-electron chi connectivity index (χ0n) is 12.8. The van der Waals surface area contributed by atoms with Crippen molar-refractivity contribution in [1.29, 1.82) is 0 Å². The summed E-state index contributed by atoms with van der Waals surface area (Å²) in [7, 11) is 2.18. The van der Waals surface area contributed by atoms with E-state index in [2.05, 4.69) is 52.8 Å². The summed E-state index contributed by atoms with van der Waals surface area (Å²) in [5.41, 5.74) is 2.20. The fourth-order valence-corrected chi connectivity index (χ4v) is 3.23. The van der Waals surface area contributed by atoms with Crippen LogP contribution in [0.5, 0.6) is 0 Å². The molecule has 0 saturated carbocycles. The Bertz CT molecular complexity index is 581. The SMILES string of the molecule is Cc1cc([C@]2(CNCc3ccccc3)CCCN2C)on1. The van der Waals surface area contributed by atoms with Gasteiger partial charge in [-0.3, -0.25) is 4.90 Å². The van der Waals surface area contributed by atoms with Crippen LogP contribution in [0.15, 0.2) is 40.9 Å². The summed E-state index contributed by atoms with van der Waals surface area (Å²) in [6, 6.07) is 12.6. The molecule has 21 heavy (non-hydrogen) atoms. The van der Waals surface area contributed by atoms with Crippen molar-refractivity contribution in [2.75, 3.05) is 20.1 Å². The Balaban J connectivity index is 1.72.